The molecule has 1 heterocycles. The number of carbonyl (C=O) groups is 1. The molecular weight excluding hydrogens is 236 g/mol. The van der Waals surface area contributed by atoms with Crippen molar-refractivity contribution in [2.24, 2.45) is 20.7 Å². The maximum absolute atomic E-state index is 10.7. The average molecular weight is 248 g/mol. The predicted molar refractivity (Wildman–Crippen MR) is 60.8 cm³/mol. The number of rotatable bonds is 6. The molecule has 2 rings (SSSR count). The van der Waals surface area contributed by atoms with E-state index in [4.69, 9.17) is 9.84 Å². The molecule has 0 aliphatic carbocycles. The SMILES string of the molecule is O=C(O)CC1(COCc2ccccc2)N=NN=N1. The molecule has 7 nitrogen and oxygen atoms in total. The number of hydrogen-bond acceptors (Lipinski definition) is 6. The van der Waals surface area contributed by atoms with Gasteiger partial charge in [0, 0.05) is 0 Å². The van der Waals surface area contributed by atoms with Crippen LogP contribution in [0, 0.1) is 0 Å². The molecule has 0 aromatic heterocycles. The van der Waals surface area contributed by atoms with Gasteiger partial charge in [-0.2, -0.15) is 0 Å². The van der Waals surface area contributed by atoms with E-state index in [0.717, 1.165) is 5.56 Å². The quantitative estimate of drug-likeness (QED) is 0.835. The Morgan fingerprint density at radius 3 is 2.50 bits per heavy atom. The topological polar surface area (TPSA) is 96.0 Å². The van der Waals surface area contributed by atoms with Gasteiger partial charge in [-0.1, -0.05) is 30.3 Å². The number of carboxylic acids is 1. The third-order valence-electron chi connectivity index (χ3n) is 2.38. The van der Waals surface area contributed by atoms with E-state index >= 15 is 0 Å². The third-order valence-corrected chi connectivity index (χ3v) is 2.38. The minimum Gasteiger partial charge on any atom is -0.481 e. The summed E-state index contributed by atoms with van der Waals surface area (Å²) in [6.07, 6.45) is -0.283. The van der Waals surface area contributed by atoms with Crippen molar-refractivity contribution in [2.45, 2.75) is 18.7 Å². The van der Waals surface area contributed by atoms with Crippen molar-refractivity contribution >= 4 is 5.97 Å². The zero-order valence-electron chi connectivity index (χ0n) is 9.56. The number of aliphatic carboxylic acids is 1. The van der Waals surface area contributed by atoms with Crippen LogP contribution in [-0.4, -0.2) is 23.3 Å². The molecule has 1 aromatic rings. The highest BCUT2D eigenvalue weighted by molar-refractivity contribution is 5.68. The van der Waals surface area contributed by atoms with Crippen LogP contribution in [0.4, 0.5) is 0 Å². The van der Waals surface area contributed by atoms with E-state index < -0.39 is 11.6 Å². The second-order valence-electron chi connectivity index (χ2n) is 3.91. The summed E-state index contributed by atoms with van der Waals surface area (Å²) in [6.45, 7) is 0.411. The first-order valence-corrected chi connectivity index (χ1v) is 5.38. The van der Waals surface area contributed by atoms with Gasteiger partial charge in [0.1, 0.15) is 0 Å². The minimum atomic E-state index is -1.21. The molecule has 0 saturated heterocycles. The monoisotopic (exact) mass is 248 g/mol. The Bertz CT molecular complexity index is 460. The lowest BCUT2D eigenvalue weighted by Crippen LogP contribution is -2.31. The van der Waals surface area contributed by atoms with E-state index in [2.05, 4.69) is 20.7 Å². The van der Waals surface area contributed by atoms with Gasteiger partial charge in [0.15, 0.2) is 0 Å². The molecular formula is C11H12N4O3. The van der Waals surface area contributed by atoms with Crippen molar-refractivity contribution in [3.05, 3.63) is 35.9 Å². The molecule has 0 atom stereocenters. The number of carboxylic acid groups (broad SMARTS) is 1. The molecule has 7 heteroatoms. The summed E-state index contributed by atoms with van der Waals surface area (Å²) in [5.41, 5.74) is -0.212. The normalized spacial score (nSPS) is 16.0. The molecule has 94 valence electrons. The molecule has 1 aromatic carbocycles. The highest BCUT2D eigenvalue weighted by Gasteiger charge is 2.36. The van der Waals surface area contributed by atoms with Crippen molar-refractivity contribution in [3.63, 3.8) is 0 Å². The molecule has 0 amide bonds. The van der Waals surface area contributed by atoms with Gasteiger partial charge in [0.25, 0.3) is 0 Å². The van der Waals surface area contributed by atoms with Crippen LogP contribution >= 0.6 is 0 Å². The van der Waals surface area contributed by atoms with Crippen LogP contribution in [0.1, 0.15) is 12.0 Å². The summed E-state index contributed by atoms with van der Waals surface area (Å²) in [5.74, 6) is -1.02. The van der Waals surface area contributed by atoms with E-state index in [1.165, 1.54) is 0 Å². The zero-order chi connectivity index (χ0) is 12.8. The summed E-state index contributed by atoms with van der Waals surface area (Å²) in [4.78, 5) is 10.7. The Kier molecular flexibility index (Phi) is 3.73. The van der Waals surface area contributed by atoms with Crippen LogP contribution in [0.15, 0.2) is 51.0 Å². The summed E-state index contributed by atoms with van der Waals surface area (Å²) in [5, 5.41) is 23.0. The molecule has 0 saturated carbocycles. The summed E-state index contributed by atoms with van der Waals surface area (Å²) >= 11 is 0. The summed E-state index contributed by atoms with van der Waals surface area (Å²) < 4.78 is 5.44. The predicted octanol–water partition coefficient (Wildman–Crippen LogP) is 2.21. The third kappa shape index (κ3) is 3.17. The van der Waals surface area contributed by atoms with Crippen molar-refractivity contribution in [2.75, 3.05) is 6.61 Å². The van der Waals surface area contributed by atoms with E-state index in [-0.39, 0.29) is 13.0 Å². The average Bonchev–Trinajstić information content (AvgIpc) is 2.78. The van der Waals surface area contributed by atoms with Crippen LogP contribution in [0.3, 0.4) is 0 Å². The van der Waals surface area contributed by atoms with Crippen LogP contribution in [0.25, 0.3) is 0 Å². The first-order valence-electron chi connectivity index (χ1n) is 5.38. The van der Waals surface area contributed by atoms with Gasteiger partial charge < -0.3 is 9.84 Å². The van der Waals surface area contributed by atoms with E-state index in [1.807, 2.05) is 30.3 Å². The van der Waals surface area contributed by atoms with E-state index in [1.54, 1.807) is 0 Å². The maximum Gasteiger partial charge on any atom is 0.308 e. The fourth-order valence-electron chi connectivity index (χ4n) is 1.55. The lowest BCUT2D eigenvalue weighted by molar-refractivity contribution is -0.139. The van der Waals surface area contributed by atoms with Crippen molar-refractivity contribution in [1.82, 2.24) is 0 Å². The molecule has 1 N–H and O–H groups in total. The maximum atomic E-state index is 10.7. The Hall–Kier alpha value is -2.15. The Balaban J connectivity index is 1.89. The molecule has 0 unspecified atom stereocenters. The molecule has 0 bridgehead atoms. The van der Waals surface area contributed by atoms with Crippen LogP contribution < -0.4 is 0 Å². The Morgan fingerprint density at radius 1 is 1.22 bits per heavy atom. The van der Waals surface area contributed by atoms with Gasteiger partial charge in [-0.15, -0.1) is 10.2 Å². The van der Waals surface area contributed by atoms with Gasteiger partial charge >= 0.3 is 5.97 Å². The van der Waals surface area contributed by atoms with Crippen molar-refractivity contribution < 1.29 is 14.6 Å². The fourth-order valence-corrected chi connectivity index (χ4v) is 1.55. The largest absolute Gasteiger partial charge is 0.481 e. The second kappa shape index (κ2) is 5.46. The highest BCUT2D eigenvalue weighted by Crippen LogP contribution is 2.25. The van der Waals surface area contributed by atoms with Crippen LogP contribution in [-0.2, 0) is 16.1 Å². The molecule has 1 aliphatic rings. The second-order valence-corrected chi connectivity index (χ2v) is 3.91. The van der Waals surface area contributed by atoms with Gasteiger partial charge in [-0.25, -0.2) is 0 Å². The van der Waals surface area contributed by atoms with Crippen molar-refractivity contribution in [3.8, 4) is 0 Å². The molecule has 18 heavy (non-hydrogen) atoms. The summed E-state index contributed by atoms with van der Waals surface area (Å²) in [7, 11) is 0. The summed E-state index contributed by atoms with van der Waals surface area (Å²) in [6, 6.07) is 9.55. The van der Waals surface area contributed by atoms with Gasteiger partial charge in [0.2, 0.25) is 5.66 Å². The molecule has 0 fully saturated rings. The van der Waals surface area contributed by atoms with Gasteiger partial charge in [-0.3, -0.25) is 4.79 Å². The van der Waals surface area contributed by atoms with Gasteiger partial charge in [0.05, 0.1) is 19.6 Å². The smallest absolute Gasteiger partial charge is 0.308 e. The highest BCUT2D eigenvalue weighted by atomic mass is 16.5. The lowest BCUT2D eigenvalue weighted by Gasteiger charge is -2.17. The Morgan fingerprint density at radius 2 is 1.89 bits per heavy atom. The molecule has 1 aliphatic heterocycles. The zero-order valence-corrected chi connectivity index (χ0v) is 9.56. The number of benzene rings is 1. The number of nitrogens with zero attached hydrogens (tertiary/aromatic N) is 4. The number of ether oxygens (including phenoxy) is 1. The van der Waals surface area contributed by atoms with Crippen LogP contribution in [0.5, 0.6) is 0 Å². The molecule has 0 radical (unpaired) electrons. The van der Waals surface area contributed by atoms with E-state index in [0.29, 0.717) is 6.61 Å². The molecule has 0 spiro atoms. The Labute approximate surface area is 103 Å². The fraction of sp³-hybridized carbons (Fsp3) is 0.364. The standard InChI is InChI=1S/C11H12N4O3/c16-10(17)6-11(12-14-15-13-11)8-18-7-9-4-2-1-3-5-9/h1-5H,6-8H2,(H,16,17). The van der Waals surface area contributed by atoms with Crippen LogP contribution in [0.2, 0.25) is 0 Å². The number of hydrogen-bond donors (Lipinski definition) is 1. The minimum absolute atomic E-state index is 0.0429. The lowest BCUT2D eigenvalue weighted by atomic mass is 10.1. The first-order chi connectivity index (χ1) is 8.70. The first kappa shape index (κ1) is 12.3. The van der Waals surface area contributed by atoms with E-state index in [9.17, 15) is 4.79 Å². The van der Waals surface area contributed by atoms with Crippen molar-refractivity contribution in [1.29, 1.82) is 0 Å². The van der Waals surface area contributed by atoms with Gasteiger partial charge in [-0.05, 0) is 16.0 Å².